The molecule has 2 heterocycles. The number of aromatic nitrogens is 1. The van der Waals surface area contributed by atoms with Crippen molar-refractivity contribution in [2.45, 2.75) is 0 Å². The second-order valence-electron chi connectivity index (χ2n) is 4.31. The molecule has 0 bridgehead atoms. The van der Waals surface area contributed by atoms with Crippen LogP contribution in [0.5, 0.6) is 0 Å². The van der Waals surface area contributed by atoms with Crippen LogP contribution in [0.2, 0.25) is 0 Å². The molecule has 1 aliphatic heterocycles. The number of thiazole rings is 1. The molecule has 1 fully saturated rings. The summed E-state index contributed by atoms with van der Waals surface area (Å²) in [4.78, 5) is 8.09. The lowest BCUT2D eigenvalue weighted by Gasteiger charge is -2.36. The van der Waals surface area contributed by atoms with Gasteiger partial charge in [-0.15, -0.1) is 23.4 Å². The van der Waals surface area contributed by atoms with Gasteiger partial charge in [0.25, 0.3) is 0 Å². The molecule has 18 heavy (non-hydrogen) atoms. The molecule has 1 aliphatic rings. The zero-order valence-electron chi connectivity index (χ0n) is 9.86. The van der Waals surface area contributed by atoms with E-state index in [1.54, 1.807) is 22.4 Å². The van der Waals surface area contributed by atoms with E-state index in [1.807, 2.05) is 5.38 Å². The predicted octanol–water partition coefficient (Wildman–Crippen LogP) is 2.21. The van der Waals surface area contributed by atoms with Crippen molar-refractivity contribution in [1.29, 1.82) is 0 Å². The Kier molecular flexibility index (Phi) is 3.96. The molecule has 3 nitrogen and oxygen atoms in total. The van der Waals surface area contributed by atoms with Gasteiger partial charge in [-0.05, 0) is 6.54 Å². The lowest BCUT2D eigenvalue weighted by atomic mass is 9.80. The van der Waals surface area contributed by atoms with Gasteiger partial charge in [0.05, 0.1) is 0 Å². The normalized spacial score (nSPS) is 18.1. The summed E-state index contributed by atoms with van der Waals surface area (Å²) >= 11 is 1.55. The highest BCUT2D eigenvalue weighted by Crippen LogP contribution is 2.22. The highest BCUT2D eigenvalue weighted by atomic mass is 32.1. The van der Waals surface area contributed by atoms with Crippen LogP contribution in [0.3, 0.4) is 0 Å². The van der Waals surface area contributed by atoms with Crippen molar-refractivity contribution in [2.75, 3.05) is 37.6 Å². The highest BCUT2D eigenvalue weighted by Gasteiger charge is 2.29. The number of hydrogen-bond donors (Lipinski definition) is 0. The van der Waals surface area contributed by atoms with E-state index in [1.165, 1.54) is 0 Å². The highest BCUT2D eigenvalue weighted by molar-refractivity contribution is 7.13. The maximum atomic E-state index is 12.4. The first kappa shape index (κ1) is 13.4. The molecular formula is C10H14BF3N3S-. The lowest BCUT2D eigenvalue weighted by Crippen LogP contribution is -2.48. The maximum absolute atomic E-state index is 12.4. The fraction of sp³-hybridized carbons (Fsp3) is 0.500. The van der Waals surface area contributed by atoms with Gasteiger partial charge in [-0.1, -0.05) is 0 Å². The molecule has 0 atom stereocenters. The van der Waals surface area contributed by atoms with Gasteiger partial charge in [0.15, 0.2) is 5.13 Å². The van der Waals surface area contributed by atoms with Crippen molar-refractivity contribution >= 4 is 23.4 Å². The first-order valence-corrected chi connectivity index (χ1v) is 6.59. The number of halogens is 3. The molecule has 100 valence electrons. The van der Waals surface area contributed by atoms with Crippen molar-refractivity contribution in [3.8, 4) is 0 Å². The van der Waals surface area contributed by atoms with Gasteiger partial charge in [-0.25, -0.2) is 4.98 Å². The molecule has 1 aromatic heterocycles. The van der Waals surface area contributed by atoms with Gasteiger partial charge in [-0.3, -0.25) is 4.90 Å². The fourth-order valence-corrected chi connectivity index (χ4v) is 2.56. The molecule has 8 heteroatoms. The van der Waals surface area contributed by atoms with Crippen LogP contribution in [0.4, 0.5) is 18.1 Å². The standard InChI is InChI=1S/C10H14BF3N3S/c1-9(11(12,13)14)8-16-3-5-17(6-4-16)10-15-2-7-18-10/h2,7H,1,3-6,8H2/q-1. The molecule has 2 rings (SSSR count). The Labute approximate surface area is 108 Å². The van der Waals surface area contributed by atoms with E-state index in [4.69, 9.17) is 0 Å². The van der Waals surface area contributed by atoms with Crippen molar-refractivity contribution in [2.24, 2.45) is 0 Å². The molecule has 1 aromatic rings. The van der Waals surface area contributed by atoms with Crippen LogP contribution in [0.1, 0.15) is 0 Å². The van der Waals surface area contributed by atoms with Crippen LogP contribution < -0.4 is 4.90 Å². The first-order chi connectivity index (χ1) is 8.47. The van der Waals surface area contributed by atoms with E-state index < -0.39 is 12.4 Å². The molecular weight excluding hydrogens is 262 g/mol. The van der Waals surface area contributed by atoms with E-state index in [0.29, 0.717) is 26.2 Å². The van der Waals surface area contributed by atoms with Gasteiger partial charge in [0.1, 0.15) is 0 Å². The van der Waals surface area contributed by atoms with Gasteiger partial charge >= 0.3 is 6.98 Å². The summed E-state index contributed by atoms with van der Waals surface area (Å²) in [7, 11) is 0. The zero-order valence-corrected chi connectivity index (χ0v) is 10.7. The van der Waals surface area contributed by atoms with Gasteiger partial charge in [0.2, 0.25) is 0 Å². The Bertz CT molecular complexity index is 399. The van der Waals surface area contributed by atoms with Crippen LogP contribution in [-0.4, -0.2) is 49.6 Å². The summed E-state index contributed by atoms with van der Waals surface area (Å²) in [5.74, 6) is 0. The molecule has 0 radical (unpaired) electrons. The average Bonchev–Trinajstić information content (AvgIpc) is 2.82. The summed E-state index contributed by atoms with van der Waals surface area (Å²) in [6.07, 6.45) is 1.74. The minimum absolute atomic E-state index is 0.0742. The second-order valence-corrected chi connectivity index (χ2v) is 5.18. The van der Waals surface area contributed by atoms with Crippen molar-refractivity contribution in [3.05, 3.63) is 23.6 Å². The van der Waals surface area contributed by atoms with E-state index in [9.17, 15) is 12.9 Å². The minimum Gasteiger partial charge on any atom is -0.445 e. The van der Waals surface area contributed by atoms with Gasteiger partial charge in [-0.2, -0.15) is 0 Å². The van der Waals surface area contributed by atoms with Crippen LogP contribution in [0.25, 0.3) is 0 Å². The van der Waals surface area contributed by atoms with Crippen LogP contribution in [-0.2, 0) is 0 Å². The minimum atomic E-state index is -4.91. The van der Waals surface area contributed by atoms with E-state index in [-0.39, 0.29) is 6.54 Å². The zero-order chi connectivity index (χ0) is 13.2. The topological polar surface area (TPSA) is 19.4 Å². The lowest BCUT2D eigenvalue weighted by molar-refractivity contribution is 0.277. The molecule has 0 N–H and O–H groups in total. The Morgan fingerprint density at radius 1 is 1.33 bits per heavy atom. The molecule has 0 aromatic carbocycles. The smallest absolute Gasteiger partial charge is 0.445 e. The largest absolute Gasteiger partial charge is 0.506 e. The fourth-order valence-electron chi connectivity index (χ4n) is 1.86. The van der Waals surface area contributed by atoms with E-state index >= 15 is 0 Å². The van der Waals surface area contributed by atoms with Crippen LogP contribution in [0, 0.1) is 0 Å². The molecule has 0 aliphatic carbocycles. The summed E-state index contributed by atoms with van der Waals surface area (Å²) < 4.78 is 37.3. The summed E-state index contributed by atoms with van der Waals surface area (Å²) in [6, 6.07) is 0. The monoisotopic (exact) mass is 276 g/mol. The molecule has 0 amide bonds. The van der Waals surface area contributed by atoms with Gasteiger partial charge < -0.3 is 17.8 Å². The number of anilines is 1. The van der Waals surface area contributed by atoms with E-state index in [0.717, 1.165) is 5.13 Å². The summed E-state index contributed by atoms with van der Waals surface area (Å²) in [5, 5.41) is 2.84. The second kappa shape index (κ2) is 5.32. The van der Waals surface area contributed by atoms with Crippen molar-refractivity contribution < 1.29 is 12.9 Å². The maximum Gasteiger partial charge on any atom is 0.506 e. The number of hydrogen-bond acceptors (Lipinski definition) is 4. The summed E-state index contributed by atoms with van der Waals surface area (Å²) in [6.45, 7) is 0.801. The predicted molar refractivity (Wildman–Crippen MR) is 69.0 cm³/mol. The number of rotatable bonds is 4. The Morgan fingerprint density at radius 2 is 2.00 bits per heavy atom. The first-order valence-electron chi connectivity index (χ1n) is 5.71. The Morgan fingerprint density at radius 3 is 2.50 bits per heavy atom. The molecule has 0 unspecified atom stereocenters. The van der Waals surface area contributed by atoms with Crippen molar-refractivity contribution in [3.63, 3.8) is 0 Å². The van der Waals surface area contributed by atoms with Crippen LogP contribution >= 0.6 is 11.3 Å². The average molecular weight is 276 g/mol. The Hall–Kier alpha value is -1.02. The van der Waals surface area contributed by atoms with Crippen LogP contribution in [0.15, 0.2) is 23.6 Å². The molecule has 0 saturated carbocycles. The number of nitrogens with zero attached hydrogens (tertiary/aromatic N) is 3. The van der Waals surface area contributed by atoms with Gasteiger partial charge in [0, 0.05) is 37.8 Å². The Balaban J connectivity index is 1.82. The molecule has 0 spiro atoms. The third kappa shape index (κ3) is 3.26. The summed E-state index contributed by atoms with van der Waals surface area (Å²) in [5.41, 5.74) is -0.613. The third-order valence-corrected chi connectivity index (χ3v) is 3.78. The number of piperazine rings is 1. The third-order valence-electron chi connectivity index (χ3n) is 2.95. The SMILES string of the molecule is C=C(CN1CCN(c2nccs2)CC1)[B-](F)(F)F. The molecule has 1 saturated heterocycles. The van der Waals surface area contributed by atoms with Crippen molar-refractivity contribution in [1.82, 2.24) is 9.88 Å². The quantitative estimate of drug-likeness (QED) is 0.786. The van der Waals surface area contributed by atoms with E-state index in [2.05, 4.69) is 16.5 Å².